The molecule has 0 aliphatic heterocycles. The van der Waals surface area contributed by atoms with Crippen LogP contribution >= 0.6 is 0 Å². The Morgan fingerprint density at radius 2 is 2.38 bits per heavy atom. The second-order valence-corrected chi connectivity index (χ2v) is 4.10. The average Bonchev–Trinajstić information content (AvgIpc) is 2.56. The summed E-state index contributed by atoms with van der Waals surface area (Å²) in [6, 6.07) is 0. The fraction of sp³-hybridized carbons (Fsp3) is 0.600. The van der Waals surface area contributed by atoms with Crippen LogP contribution in [0.2, 0.25) is 0 Å². The van der Waals surface area contributed by atoms with Gasteiger partial charge in [-0.25, -0.2) is 0 Å². The molecule has 0 saturated carbocycles. The van der Waals surface area contributed by atoms with Crippen molar-refractivity contribution in [3.63, 3.8) is 0 Å². The van der Waals surface area contributed by atoms with Gasteiger partial charge in [-0.2, -0.15) is 5.10 Å². The standard InChI is InChI=1S/C10H16N4O2/c11-3-4-14-8-2-1-6(10(15)16)5-7(8)9(12)13-14/h6H,1-5,11H2,(H2,12,13)(H,15,16). The summed E-state index contributed by atoms with van der Waals surface area (Å²) >= 11 is 0. The molecule has 1 unspecified atom stereocenters. The number of nitrogens with zero attached hydrogens (tertiary/aromatic N) is 2. The molecule has 0 radical (unpaired) electrons. The van der Waals surface area contributed by atoms with Gasteiger partial charge in [0.1, 0.15) is 5.82 Å². The lowest BCUT2D eigenvalue weighted by atomic mass is 9.87. The van der Waals surface area contributed by atoms with Crippen molar-refractivity contribution in [1.29, 1.82) is 0 Å². The van der Waals surface area contributed by atoms with Gasteiger partial charge in [-0.1, -0.05) is 0 Å². The first-order valence-corrected chi connectivity index (χ1v) is 5.40. The van der Waals surface area contributed by atoms with Crippen molar-refractivity contribution in [2.45, 2.75) is 25.8 Å². The molecule has 0 amide bonds. The molecule has 1 aromatic heterocycles. The van der Waals surface area contributed by atoms with E-state index in [0.717, 1.165) is 17.7 Å². The highest BCUT2D eigenvalue weighted by atomic mass is 16.4. The van der Waals surface area contributed by atoms with Crippen LogP contribution < -0.4 is 11.5 Å². The predicted molar refractivity (Wildman–Crippen MR) is 58.8 cm³/mol. The van der Waals surface area contributed by atoms with Gasteiger partial charge in [0.25, 0.3) is 0 Å². The summed E-state index contributed by atoms with van der Waals surface area (Å²) in [6.07, 6.45) is 1.86. The second-order valence-electron chi connectivity index (χ2n) is 4.10. The Balaban J connectivity index is 2.29. The largest absolute Gasteiger partial charge is 0.481 e. The maximum Gasteiger partial charge on any atom is 0.306 e. The van der Waals surface area contributed by atoms with E-state index in [-0.39, 0.29) is 5.92 Å². The molecule has 1 aliphatic carbocycles. The van der Waals surface area contributed by atoms with E-state index in [2.05, 4.69) is 5.10 Å². The Morgan fingerprint density at radius 3 is 3.00 bits per heavy atom. The SMILES string of the molecule is NCCn1nc(N)c2c1CCC(C(=O)O)C2. The summed E-state index contributed by atoms with van der Waals surface area (Å²) < 4.78 is 1.81. The van der Waals surface area contributed by atoms with Gasteiger partial charge >= 0.3 is 5.97 Å². The molecule has 0 fully saturated rings. The zero-order valence-electron chi connectivity index (χ0n) is 9.02. The van der Waals surface area contributed by atoms with E-state index in [1.54, 1.807) is 0 Å². The zero-order valence-corrected chi connectivity index (χ0v) is 9.02. The summed E-state index contributed by atoms with van der Waals surface area (Å²) in [6.45, 7) is 1.15. The summed E-state index contributed by atoms with van der Waals surface area (Å²) in [7, 11) is 0. The van der Waals surface area contributed by atoms with E-state index >= 15 is 0 Å². The molecule has 16 heavy (non-hydrogen) atoms. The normalized spacial score (nSPS) is 19.4. The van der Waals surface area contributed by atoms with E-state index in [4.69, 9.17) is 16.6 Å². The molecule has 0 saturated heterocycles. The summed E-state index contributed by atoms with van der Waals surface area (Å²) in [5.41, 5.74) is 13.2. The molecular weight excluding hydrogens is 208 g/mol. The Labute approximate surface area is 93.2 Å². The minimum absolute atomic E-state index is 0.328. The van der Waals surface area contributed by atoms with E-state index in [9.17, 15) is 4.79 Å². The minimum Gasteiger partial charge on any atom is -0.481 e. The molecular formula is C10H16N4O2. The number of carbonyl (C=O) groups is 1. The van der Waals surface area contributed by atoms with Gasteiger partial charge in [0.2, 0.25) is 0 Å². The van der Waals surface area contributed by atoms with Crippen molar-refractivity contribution in [2.24, 2.45) is 11.7 Å². The zero-order chi connectivity index (χ0) is 11.7. The maximum atomic E-state index is 10.9. The summed E-state index contributed by atoms with van der Waals surface area (Å²) in [5, 5.41) is 13.2. The van der Waals surface area contributed by atoms with Crippen molar-refractivity contribution in [3.05, 3.63) is 11.3 Å². The van der Waals surface area contributed by atoms with Crippen molar-refractivity contribution >= 4 is 11.8 Å². The highest BCUT2D eigenvalue weighted by Crippen LogP contribution is 2.29. The Morgan fingerprint density at radius 1 is 1.62 bits per heavy atom. The molecule has 6 heteroatoms. The van der Waals surface area contributed by atoms with Crippen LogP contribution in [0, 0.1) is 5.92 Å². The van der Waals surface area contributed by atoms with E-state index in [1.165, 1.54) is 0 Å². The number of aliphatic carboxylic acids is 1. The van der Waals surface area contributed by atoms with Crippen molar-refractivity contribution in [1.82, 2.24) is 9.78 Å². The first-order chi connectivity index (χ1) is 7.63. The molecule has 88 valence electrons. The van der Waals surface area contributed by atoms with E-state index < -0.39 is 5.97 Å². The first kappa shape index (κ1) is 10.9. The third-order valence-electron chi connectivity index (χ3n) is 3.07. The Hall–Kier alpha value is -1.56. The predicted octanol–water partition coefficient (Wildman–Crippen LogP) is -0.386. The Kier molecular flexibility index (Phi) is 2.82. The number of aromatic nitrogens is 2. The molecule has 5 N–H and O–H groups in total. The van der Waals surface area contributed by atoms with Crippen molar-refractivity contribution < 1.29 is 9.90 Å². The molecule has 0 spiro atoms. The van der Waals surface area contributed by atoms with Crippen LogP contribution in [0.5, 0.6) is 0 Å². The van der Waals surface area contributed by atoms with E-state index in [1.807, 2.05) is 4.68 Å². The number of hydrogen-bond donors (Lipinski definition) is 3. The van der Waals surface area contributed by atoms with Gasteiger partial charge in [-0.15, -0.1) is 0 Å². The van der Waals surface area contributed by atoms with Crippen LogP contribution in [0.3, 0.4) is 0 Å². The smallest absolute Gasteiger partial charge is 0.306 e. The lowest BCUT2D eigenvalue weighted by molar-refractivity contribution is -0.142. The number of nitrogen functional groups attached to an aromatic ring is 1. The molecule has 1 aliphatic rings. The summed E-state index contributed by atoms with van der Waals surface area (Å²) in [4.78, 5) is 10.9. The van der Waals surface area contributed by atoms with Gasteiger partial charge in [0.05, 0.1) is 12.5 Å². The third kappa shape index (κ3) is 1.76. The first-order valence-electron chi connectivity index (χ1n) is 5.40. The number of nitrogens with two attached hydrogens (primary N) is 2. The van der Waals surface area contributed by atoms with Crippen molar-refractivity contribution in [3.8, 4) is 0 Å². The number of carboxylic acids is 1. The van der Waals surface area contributed by atoms with Gasteiger partial charge in [-0.05, 0) is 19.3 Å². The van der Waals surface area contributed by atoms with E-state index in [0.29, 0.717) is 31.7 Å². The van der Waals surface area contributed by atoms with Gasteiger partial charge in [0, 0.05) is 17.8 Å². The maximum absolute atomic E-state index is 10.9. The van der Waals surface area contributed by atoms with Crippen LogP contribution in [-0.4, -0.2) is 27.4 Å². The number of hydrogen-bond acceptors (Lipinski definition) is 4. The van der Waals surface area contributed by atoms with Crippen LogP contribution in [0.25, 0.3) is 0 Å². The Bertz CT molecular complexity index is 413. The topological polar surface area (TPSA) is 107 Å². The molecule has 1 atom stereocenters. The fourth-order valence-corrected chi connectivity index (χ4v) is 2.23. The van der Waals surface area contributed by atoms with Gasteiger partial charge in [0.15, 0.2) is 0 Å². The molecule has 1 heterocycles. The van der Waals surface area contributed by atoms with Crippen molar-refractivity contribution in [2.75, 3.05) is 12.3 Å². The molecule has 2 rings (SSSR count). The van der Waals surface area contributed by atoms with Crippen LogP contribution in [-0.2, 0) is 24.2 Å². The molecule has 6 nitrogen and oxygen atoms in total. The van der Waals surface area contributed by atoms with Crippen LogP contribution in [0.15, 0.2) is 0 Å². The number of rotatable bonds is 3. The third-order valence-corrected chi connectivity index (χ3v) is 3.07. The van der Waals surface area contributed by atoms with Crippen LogP contribution in [0.4, 0.5) is 5.82 Å². The van der Waals surface area contributed by atoms with Gasteiger partial charge < -0.3 is 16.6 Å². The monoisotopic (exact) mass is 224 g/mol. The molecule has 0 bridgehead atoms. The number of fused-ring (bicyclic) bond motifs is 1. The second kappa shape index (κ2) is 4.13. The highest BCUT2D eigenvalue weighted by molar-refractivity contribution is 5.71. The highest BCUT2D eigenvalue weighted by Gasteiger charge is 2.28. The number of anilines is 1. The minimum atomic E-state index is -0.753. The number of carboxylic acid groups (broad SMARTS) is 1. The lowest BCUT2D eigenvalue weighted by Gasteiger charge is -2.19. The average molecular weight is 224 g/mol. The molecule has 1 aromatic rings. The summed E-state index contributed by atoms with van der Waals surface area (Å²) in [5.74, 6) is -0.628. The quantitative estimate of drug-likeness (QED) is 0.648. The molecule has 0 aromatic carbocycles. The fourth-order valence-electron chi connectivity index (χ4n) is 2.23. The van der Waals surface area contributed by atoms with Gasteiger partial charge in [-0.3, -0.25) is 9.48 Å². The van der Waals surface area contributed by atoms with Crippen LogP contribution in [0.1, 0.15) is 17.7 Å². The lowest BCUT2D eigenvalue weighted by Crippen LogP contribution is -2.24.